The summed E-state index contributed by atoms with van der Waals surface area (Å²) in [6.45, 7) is 6.10. The molecular weight excluding hydrogens is 210 g/mol. The zero-order valence-electron chi connectivity index (χ0n) is 10.9. The molecule has 0 radical (unpaired) electrons. The summed E-state index contributed by atoms with van der Waals surface area (Å²) < 4.78 is 0. The first kappa shape index (κ1) is 12.3. The summed E-state index contributed by atoms with van der Waals surface area (Å²) in [5, 5.41) is 3.55. The molecule has 0 bridgehead atoms. The van der Waals surface area contributed by atoms with E-state index in [1.54, 1.807) is 6.92 Å². The molecular formula is C15H21NO. The second-order valence-electron chi connectivity index (χ2n) is 5.32. The Morgan fingerprint density at radius 1 is 1.12 bits per heavy atom. The molecule has 1 aromatic carbocycles. The van der Waals surface area contributed by atoms with E-state index in [1.807, 2.05) is 12.1 Å². The zero-order valence-corrected chi connectivity index (χ0v) is 10.9. The van der Waals surface area contributed by atoms with Crippen molar-refractivity contribution in [3.8, 4) is 0 Å². The van der Waals surface area contributed by atoms with Crippen LogP contribution in [0.4, 0.5) is 0 Å². The smallest absolute Gasteiger partial charge is 0.159 e. The van der Waals surface area contributed by atoms with E-state index < -0.39 is 0 Å². The van der Waals surface area contributed by atoms with Gasteiger partial charge in [-0.25, -0.2) is 0 Å². The van der Waals surface area contributed by atoms with Crippen molar-refractivity contribution < 1.29 is 4.79 Å². The average molecular weight is 231 g/mol. The average Bonchev–Trinajstić information content (AvgIpc) is 2.28. The Kier molecular flexibility index (Phi) is 3.63. The van der Waals surface area contributed by atoms with Gasteiger partial charge in [0, 0.05) is 17.6 Å². The van der Waals surface area contributed by atoms with Gasteiger partial charge in [-0.15, -0.1) is 0 Å². The largest absolute Gasteiger partial charge is 0.312 e. The number of carbonyl (C=O) groups excluding carboxylic acids is 1. The number of hydrogen-bond donors (Lipinski definition) is 1. The molecule has 1 heterocycles. The lowest BCUT2D eigenvalue weighted by Crippen LogP contribution is -2.41. The van der Waals surface area contributed by atoms with Crippen molar-refractivity contribution >= 4 is 5.78 Å². The van der Waals surface area contributed by atoms with Crippen molar-refractivity contribution in [1.29, 1.82) is 0 Å². The normalized spacial score (nSPS) is 29.0. The number of rotatable bonds is 2. The zero-order chi connectivity index (χ0) is 12.4. The van der Waals surface area contributed by atoms with Gasteiger partial charge in [0.25, 0.3) is 0 Å². The Morgan fingerprint density at radius 3 is 2.12 bits per heavy atom. The summed E-state index contributed by atoms with van der Waals surface area (Å²) in [7, 11) is 0. The third-order valence-corrected chi connectivity index (χ3v) is 3.63. The fraction of sp³-hybridized carbons (Fsp3) is 0.533. The number of ketones is 1. The van der Waals surface area contributed by atoms with E-state index in [0.29, 0.717) is 18.0 Å². The second kappa shape index (κ2) is 5.01. The fourth-order valence-electron chi connectivity index (χ4n) is 2.83. The highest BCUT2D eigenvalue weighted by Crippen LogP contribution is 2.30. The maximum absolute atomic E-state index is 11.2. The summed E-state index contributed by atoms with van der Waals surface area (Å²) >= 11 is 0. The molecule has 2 rings (SSSR count). The molecule has 2 atom stereocenters. The van der Waals surface area contributed by atoms with Gasteiger partial charge >= 0.3 is 0 Å². The molecule has 1 aliphatic rings. The van der Waals surface area contributed by atoms with Crippen LogP contribution in [-0.2, 0) is 0 Å². The highest BCUT2D eigenvalue weighted by molar-refractivity contribution is 5.94. The summed E-state index contributed by atoms with van der Waals surface area (Å²) in [4.78, 5) is 11.2. The fourth-order valence-corrected chi connectivity index (χ4v) is 2.83. The van der Waals surface area contributed by atoms with Crippen molar-refractivity contribution in [2.24, 2.45) is 0 Å². The third kappa shape index (κ3) is 2.95. The SMILES string of the molecule is CC(=O)c1ccc(C2CC(C)NC(C)C2)cc1. The van der Waals surface area contributed by atoms with E-state index in [0.717, 1.165) is 5.56 Å². The van der Waals surface area contributed by atoms with Crippen LogP contribution in [0.15, 0.2) is 24.3 Å². The van der Waals surface area contributed by atoms with Crippen LogP contribution in [0.3, 0.4) is 0 Å². The molecule has 1 aliphatic heterocycles. The maximum atomic E-state index is 11.2. The molecule has 0 amide bonds. The van der Waals surface area contributed by atoms with E-state index >= 15 is 0 Å². The Balaban J connectivity index is 2.14. The predicted octanol–water partition coefficient (Wildman–Crippen LogP) is 3.13. The lowest BCUT2D eigenvalue weighted by molar-refractivity contribution is 0.101. The molecule has 0 saturated carbocycles. The first-order valence-corrected chi connectivity index (χ1v) is 6.43. The molecule has 92 valence electrons. The molecule has 1 saturated heterocycles. The Bertz CT molecular complexity index is 386. The molecule has 17 heavy (non-hydrogen) atoms. The lowest BCUT2D eigenvalue weighted by Gasteiger charge is -2.33. The van der Waals surface area contributed by atoms with Crippen LogP contribution in [0.2, 0.25) is 0 Å². The van der Waals surface area contributed by atoms with Gasteiger partial charge in [0.1, 0.15) is 0 Å². The quantitative estimate of drug-likeness (QED) is 0.792. The van der Waals surface area contributed by atoms with Crippen LogP contribution in [0.25, 0.3) is 0 Å². The topological polar surface area (TPSA) is 29.1 Å². The summed E-state index contributed by atoms with van der Waals surface area (Å²) in [5.74, 6) is 0.769. The van der Waals surface area contributed by atoms with Crippen LogP contribution in [0.5, 0.6) is 0 Å². The first-order chi connectivity index (χ1) is 8.06. The van der Waals surface area contributed by atoms with Crippen LogP contribution in [0.1, 0.15) is 55.5 Å². The van der Waals surface area contributed by atoms with Crippen molar-refractivity contribution in [1.82, 2.24) is 5.32 Å². The lowest BCUT2D eigenvalue weighted by atomic mass is 9.83. The maximum Gasteiger partial charge on any atom is 0.159 e. The number of hydrogen-bond acceptors (Lipinski definition) is 2. The third-order valence-electron chi connectivity index (χ3n) is 3.63. The van der Waals surface area contributed by atoms with Crippen molar-refractivity contribution in [2.75, 3.05) is 0 Å². The Hall–Kier alpha value is -1.15. The standard InChI is InChI=1S/C15H21NO/c1-10-8-15(9-11(2)16-10)14-6-4-13(5-7-14)12(3)17/h4-7,10-11,15-16H,8-9H2,1-3H3. The van der Waals surface area contributed by atoms with Crippen LogP contribution in [0, 0.1) is 0 Å². The van der Waals surface area contributed by atoms with Gasteiger partial charge in [0.2, 0.25) is 0 Å². The Labute approximate surface area is 103 Å². The highest BCUT2D eigenvalue weighted by atomic mass is 16.1. The molecule has 0 spiro atoms. The molecule has 0 aromatic heterocycles. The number of piperidine rings is 1. The van der Waals surface area contributed by atoms with E-state index in [2.05, 4.69) is 31.3 Å². The van der Waals surface area contributed by atoms with Crippen LogP contribution in [-0.4, -0.2) is 17.9 Å². The van der Waals surface area contributed by atoms with Gasteiger partial charge in [-0.2, -0.15) is 0 Å². The van der Waals surface area contributed by atoms with Gasteiger partial charge in [-0.1, -0.05) is 24.3 Å². The van der Waals surface area contributed by atoms with Crippen LogP contribution >= 0.6 is 0 Å². The van der Waals surface area contributed by atoms with Crippen molar-refractivity contribution in [3.05, 3.63) is 35.4 Å². The summed E-state index contributed by atoms with van der Waals surface area (Å²) in [6.07, 6.45) is 2.37. The van der Waals surface area contributed by atoms with E-state index in [4.69, 9.17) is 0 Å². The van der Waals surface area contributed by atoms with Crippen molar-refractivity contribution in [2.45, 2.75) is 51.6 Å². The van der Waals surface area contributed by atoms with Gasteiger partial charge in [-0.3, -0.25) is 4.79 Å². The van der Waals surface area contributed by atoms with E-state index in [9.17, 15) is 4.79 Å². The number of benzene rings is 1. The number of nitrogens with one attached hydrogen (secondary N) is 1. The molecule has 2 heteroatoms. The van der Waals surface area contributed by atoms with Gasteiger partial charge in [0.05, 0.1) is 0 Å². The number of carbonyl (C=O) groups is 1. The van der Waals surface area contributed by atoms with Gasteiger partial charge < -0.3 is 5.32 Å². The predicted molar refractivity (Wildman–Crippen MR) is 70.5 cm³/mol. The summed E-state index contributed by atoms with van der Waals surface area (Å²) in [6, 6.07) is 9.30. The van der Waals surface area contributed by atoms with E-state index in [-0.39, 0.29) is 5.78 Å². The van der Waals surface area contributed by atoms with Crippen molar-refractivity contribution in [3.63, 3.8) is 0 Å². The molecule has 1 aromatic rings. The molecule has 0 aliphatic carbocycles. The molecule has 1 N–H and O–H groups in total. The molecule has 1 fully saturated rings. The minimum absolute atomic E-state index is 0.142. The number of Topliss-reactive ketones (excluding diaryl/α,β-unsaturated/α-hetero) is 1. The minimum atomic E-state index is 0.142. The van der Waals surface area contributed by atoms with E-state index in [1.165, 1.54) is 18.4 Å². The highest BCUT2D eigenvalue weighted by Gasteiger charge is 2.24. The second-order valence-corrected chi connectivity index (χ2v) is 5.32. The van der Waals surface area contributed by atoms with Crippen LogP contribution < -0.4 is 5.32 Å². The van der Waals surface area contributed by atoms with Gasteiger partial charge in [-0.05, 0) is 45.1 Å². The first-order valence-electron chi connectivity index (χ1n) is 6.43. The Morgan fingerprint density at radius 2 is 1.65 bits per heavy atom. The monoisotopic (exact) mass is 231 g/mol. The van der Waals surface area contributed by atoms with Gasteiger partial charge in [0.15, 0.2) is 5.78 Å². The molecule has 2 unspecified atom stereocenters. The molecule has 2 nitrogen and oxygen atoms in total. The summed E-state index contributed by atoms with van der Waals surface area (Å²) in [5.41, 5.74) is 2.18. The minimum Gasteiger partial charge on any atom is -0.312 e.